The van der Waals surface area contributed by atoms with Gasteiger partial charge in [0.2, 0.25) is 0 Å². The van der Waals surface area contributed by atoms with Gasteiger partial charge in [0.1, 0.15) is 0 Å². The monoisotopic (exact) mass is 310 g/mol. The second-order valence-electron chi connectivity index (χ2n) is 7.55. The van der Waals surface area contributed by atoms with Crippen LogP contribution in [0.15, 0.2) is 11.9 Å². The average molecular weight is 310 g/mol. The van der Waals surface area contributed by atoms with Crippen molar-refractivity contribution in [2.75, 3.05) is 13.2 Å². The fourth-order valence-corrected chi connectivity index (χ4v) is 4.54. The highest BCUT2D eigenvalue weighted by Crippen LogP contribution is 2.41. The molecule has 0 spiro atoms. The second-order valence-corrected chi connectivity index (χ2v) is 7.55. The molecule has 0 aromatic rings. The van der Waals surface area contributed by atoms with Gasteiger partial charge in [0, 0.05) is 11.8 Å². The van der Waals surface area contributed by atoms with Crippen LogP contribution in [0.1, 0.15) is 64.7 Å². The number of halogens is 1. The number of hydrogen-bond acceptors (Lipinski definition) is 2. The van der Waals surface area contributed by atoms with Crippen LogP contribution in [0, 0.1) is 23.7 Å². The van der Waals surface area contributed by atoms with Crippen molar-refractivity contribution in [3.63, 3.8) is 0 Å². The zero-order valence-electron chi connectivity index (χ0n) is 13.9. The van der Waals surface area contributed by atoms with Crippen LogP contribution in [0.2, 0.25) is 0 Å². The summed E-state index contributed by atoms with van der Waals surface area (Å²) >= 11 is 0. The predicted octanol–water partition coefficient (Wildman–Crippen LogP) is 5.24. The number of allylic oxidation sites excluding steroid dienone is 2. The normalized spacial score (nSPS) is 40.3. The van der Waals surface area contributed by atoms with Gasteiger partial charge in [0.05, 0.1) is 19.0 Å². The van der Waals surface area contributed by atoms with Gasteiger partial charge in [-0.2, -0.15) is 0 Å². The molecule has 3 aliphatic rings. The summed E-state index contributed by atoms with van der Waals surface area (Å²) in [6, 6.07) is 0. The molecule has 2 aliphatic carbocycles. The summed E-state index contributed by atoms with van der Waals surface area (Å²) in [5.41, 5.74) is 0. The molecule has 0 amide bonds. The largest absolute Gasteiger partial charge is 0.352 e. The molecule has 126 valence electrons. The standard InChI is InChI=1S/C19H31FO2/c1-2-3-14-12-21-19(22-13-14)17-6-4-15(5-7-17)16-8-10-18(20)11-9-16/h10,14-17,19H,2-9,11-13H2,1H3/t14-,15-,16?,17-,19-. The topological polar surface area (TPSA) is 18.5 Å². The number of rotatable bonds is 4. The highest BCUT2D eigenvalue weighted by Gasteiger charge is 2.34. The fraction of sp³-hybridized carbons (Fsp3) is 0.895. The van der Waals surface area contributed by atoms with Crippen molar-refractivity contribution in [3.8, 4) is 0 Å². The van der Waals surface area contributed by atoms with Crippen molar-refractivity contribution < 1.29 is 13.9 Å². The molecule has 1 atom stereocenters. The molecule has 1 saturated carbocycles. The van der Waals surface area contributed by atoms with Crippen LogP contribution in [0.3, 0.4) is 0 Å². The van der Waals surface area contributed by atoms with Gasteiger partial charge in [-0.05, 0) is 63.2 Å². The number of ether oxygens (including phenoxy) is 2. The Bertz CT molecular complexity index is 366. The minimum absolute atomic E-state index is 0.0396. The van der Waals surface area contributed by atoms with Crippen LogP contribution in [0.25, 0.3) is 0 Å². The Balaban J connectivity index is 1.41. The molecule has 3 rings (SSSR count). The van der Waals surface area contributed by atoms with E-state index in [0.717, 1.165) is 32.0 Å². The summed E-state index contributed by atoms with van der Waals surface area (Å²) in [6.07, 6.45) is 11.9. The smallest absolute Gasteiger partial charge is 0.160 e. The SMILES string of the molecule is CCC[C@H]1CO[C@H]([C@H]2CC[C@H](C3CC=C(F)CC3)CC2)OC1. The maximum Gasteiger partial charge on any atom is 0.160 e. The van der Waals surface area contributed by atoms with Crippen molar-refractivity contribution in [2.24, 2.45) is 23.7 Å². The lowest BCUT2D eigenvalue weighted by Crippen LogP contribution is -2.39. The Morgan fingerprint density at radius 1 is 1.00 bits per heavy atom. The molecular weight excluding hydrogens is 279 g/mol. The van der Waals surface area contributed by atoms with Crippen molar-refractivity contribution in [1.29, 1.82) is 0 Å². The molecule has 1 aliphatic heterocycles. The summed E-state index contributed by atoms with van der Waals surface area (Å²) in [7, 11) is 0. The van der Waals surface area contributed by atoms with Crippen LogP contribution in [0.4, 0.5) is 4.39 Å². The molecule has 1 saturated heterocycles. The summed E-state index contributed by atoms with van der Waals surface area (Å²) in [5, 5.41) is 0. The maximum absolute atomic E-state index is 13.1. The Hall–Kier alpha value is -0.410. The van der Waals surface area contributed by atoms with Gasteiger partial charge < -0.3 is 9.47 Å². The first-order valence-electron chi connectivity index (χ1n) is 9.34. The lowest BCUT2D eigenvalue weighted by atomic mass is 9.72. The van der Waals surface area contributed by atoms with E-state index >= 15 is 0 Å². The zero-order chi connectivity index (χ0) is 15.4. The average Bonchev–Trinajstić information content (AvgIpc) is 2.57. The van der Waals surface area contributed by atoms with Gasteiger partial charge in [-0.3, -0.25) is 0 Å². The molecule has 1 heterocycles. The maximum atomic E-state index is 13.1. The van der Waals surface area contributed by atoms with Gasteiger partial charge in [-0.25, -0.2) is 4.39 Å². The Labute approximate surface area is 134 Å². The van der Waals surface area contributed by atoms with E-state index in [-0.39, 0.29) is 12.1 Å². The van der Waals surface area contributed by atoms with Crippen LogP contribution >= 0.6 is 0 Å². The van der Waals surface area contributed by atoms with Crippen molar-refractivity contribution >= 4 is 0 Å². The molecule has 0 bridgehead atoms. The third-order valence-electron chi connectivity index (χ3n) is 5.95. The van der Waals surface area contributed by atoms with E-state index in [0.29, 0.717) is 24.2 Å². The van der Waals surface area contributed by atoms with Crippen molar-refractivity contribution in [2.45, 2.75) is 71.0 Å². The van der Waals surface area contributed by atoms with Gasteiger partial charge in [-0.15, -0.1) is 0 Å². The Morgan fingerprint density at radius 3 is 2.27 bits per heavy atom. The molecule has 1 unspecified atom stereocenters. The van der Waals surface area contributed by atoms with E-state index in [2.05, 4.69) is 6.92 Å². The van der Waals surface area contributed by atoms with Gasteiger partial charge in [-0.1, -0.05) is 19.4 Å². The van der Waals surface area contributed by atoms with Gasteiger partial charge >= 0.3 is 0 Å². The van der Waals surface area contributed by atoms with E-state index < -0.39 is 0 Å². The predicted molar refractivity (Wildman–Crippen MR) is 86.1 cm³/mol. The van der Waals surface area contributed by atoms with E-state index in [1.807, 2.05) is 6.08 Å². The van der Waals surface area contributed by atoms with E-state index in [1.165, 1.54) is 38.5 Å². The van der Waals surface area contributed by atoms with Crippen molar-refractivity contribution in [3.05, 3.63) is 11.9 Å². The van der Waals surface area contributed by atoms with Crippen LogP contribution in [0.5, 0.6) is 0 Å². The lowest BCUT2D eigenvalue weighted by molar-refractivity contribution is -0.230. The quantitative estimate of drug-likeness (QED) is 0.707. The minimum Gasteiger partial charge on any atom is -0.352 e. The minimum atomic E-state index is 0.0396. The highest BCUT2D eigenvalue weighted by atomic mass is 19.1. The van der Waals surface area contributed by atoms with Crippen LogP contribution in [-0.2, 0) is 9.47 Å². The molecule has 22 heavy (non-hydrogen) atoms. The van der Waals surface area contributed by atoms with E-state index in [4.69, 9.17) is 9.47 Å². The Kier molecular flexibility index (Phi) is 5.92. The first kappa shape index (κ1) is 16.4. The molecule has 2 fully saturated rings. The molecule has 2 nitrogen and oxygen atoms in total. The summed E-state index contributed by atoms with van der Waals surface area (Å²) < 4.78 is 25.1. The zero-order valence-corrected chi connectivity index (χ0v) is 13.9. The summed E-state index contributed by atoms with van der Waals surface area (Å²) in [5.74, 6) is 2.78. The van der Waals surface area contributed by atoms with Gasteiger partial charge in [0.15, 0.2) is 6.29 Å². The number of hydrogen-bond donors (Lipinski definition) is 0. The van der Waals surface area contributed by atoms with Crippen LogP contribution < -0.4 is 0 Å². The third-order valence-corrected chi connectivity index (χ3v) is 5.95. The molecule has 0 aromatic carbocycles. The highest BCUT2D eigenvalue weighted by molar-refractivity contribution is 4.99. The van der Waals surface area contributed by atoms with Crippen molar-refractivity contribution in [1.82, 2.24) is 0 Å². The first-order valence-corrected chi connectivity index (χ1v) is 9.34. The molecule has 3 heteroatoms. The molecule has 0 aromatic heterocycles. The lowest BCUT2D eigenvalue weighted by Gasteiger charge is -2.39. The van der Waals surface area contributed by atoms with E-state index in [9.17, 15) is 4.39 Å². The third kappa shape index (κ3) is 4.11. The molecule has 0 N–H and O–H groups in total. The second kappa shape index (κ2) is 7.92. The van der Waals surface area contributed by atoms with Gasteiger partial charge in [0.25, 0.3) is 0 Å². The first-order chi connectivity index (χ1) is 10.8. The summed E-state index contributed by atoms with van der Waals surface area (Å²) in [4.78, 5) is 0. The fourth-order valence-electron chi connectivity index (χ4n) is 4.54. The molecule has 0 radical (unpaired) electrons. The Morgan fingerprint density at radius 2 is 1.68 bits per heavy atom. The van der Waals surface area contributed by atoms with E-state index in [1.54, 1.807) is 0 Å². The van der Waals surface area contributed by atoms with Crippen LogP contribution in [-0.4, -0.2) is 19.5 Å². The summed E-state index contributed by atoms with van der Waals surface area (Å²) in [6.45, 7) is 3.98. The molecular formula is C19H31FO2.